The first kappa shape index (κ1) is 16.1. The third kappa shape index (κ3) is 4.00. The second kappa shape index (κ2) is 8.25. The largest absolute Gasteiger partial charge is 0.466 e. The van der Waals surface area contributed by atoms with Crippen molar-refractivity contribution in [1.82, 2.24) is 0 Å². The molecule has 0 saturated heterocycles. The van der Waals surface area contributed by atoms with E-state index in [0.29, 0.717) is 18.9 Å². The summed E-state index contributed by atoms with van der Waals surface area (Å²) in [5.41, 5.74) is -0.415. The van der Waals surface area contributed by atoms with Crippen LogP contribution in [0.25, 0.3) is 0 Å². The van der Waals surface area contributed by atoms with Gasteiger partial charge in [0.2, 0.25) is 0 Å². The smallest absolute Gasteiger partial charge is 0.313 e. The van der Waals surface area contributed by atoms with Crippen molar-refractivity contribution < 1.29 is 9.53 Å². The van der Waals surface area contributed by atoms with Gasteiger partial charge in [0.1, 0.15) is 0 Å². The summed E-state index contributed by atoms with van der Waals surface area (Å²) in [4.78, 5) is 12.5. The molecule has 0 heterocycles. The Hall–Kier alpha value is -0.970. The van der Waals surface area contributed by atoms with Crippen molar-refractivity contribution >= 4 is 5.97 Å². The Bertz CT molecular complexity index is 310. The summed E-state index contributed by atoms with van der Waals surface area (Å²) in [7, 11) is 0. The number of terminal acetylenes is 1. The van der Waals surface area contributed by atoms with Crippen molar-refractivity contribution in [2.45, 2.75) is 71.6 Å². The maximum absolute atomic E-state index is 12.5. The topological polar surface area (TPSA) is 26.3 Å². The lowest BCUT2D eigenvalue weighted by Gasteiger charge is -2.39. The molecule has 1 aliphatic carbocycles. The molecule has 108 valence electrons. The Morgan fingerprint density at radius 3 is 2.53 bits per heavy atom. The molecule has 1 unspecified atom stereocenters. The highest BCUT2D eigenvalue weighted by molar-refractivity contribution is 5.77. The third-order valence-corrected chi connectivity index (χ3v) is 4.46. The van der Waals surface area contributed by atoms with Crippen LogP contribution in [0, 0.1) is 23.7 Å². The molecule has 0 aromatic carbocycles. The quantitative estimate of drug-likeness (QED) is 0.505. The van der Waals surface area contributed by atoms with Gasteiger partial charge in [-0.3, -0.25) is 4.79 Å². The van der Waals surface area contributed by atoms with Gasteiger partial charge in [-0.05, 0) is 32.1 Å². The van der Waals surface area contributed by atoms with Crippen LogP contribution in [0.3, 0.4) is 0 Å². The Morgan fingerprint density at radius 2 is 2.00 bits per heavy atom. The molecule has 1 rings (SSSR count). The number of hydrogen-bond donors (Lipinski definition) is 0. The standard InChI is InChI=1S/C17H28O2/c1-4-7-14-17(13-5-2,16(18)19-6-3)15-11-9-8-10-12-15/h2,15H,4,6-14H2,1,3H3. The third-order valence-electron chi connectivity index (χ3n) is 4.46. The van der Waals surface area contributed by atoms with Crippen LogP contribution in [0.1, 0.15) is 71.6 Å². The minimum Gasteiger partial charge on any atom is -0.466 e. The normalized spacial score (nSPS) is 19.4. The summed E-state index contributed by atoms with van der Waals surface area (Å²) in [5, 5.41) is 0. The highest BCUT2D eigenvalue weighted by Gasteiger charge is 2.45. The SMILES string of the molecule is C#CCC(CCCC)(C(=O)OCC)C1CCCCC1. The number of carbonyl (C=O) groups excluding carboxylic acids is 1. The van der Waals surface area contributed by atoms with Gasteiger partial charge in [-0.25, -0.2) is 0 Å². The number of carbonyl (C=O) groups is 1. The minimum atomic E-state index is -0.415. The van der Waals surface area contributed by atoms with E-state index in [2.05, 4.69) is 12.8 Å². The number of rotatable bonds is 7. The lowest BCUT2D eigenvalue weighted by molar-refractivity contribution is -0.160. The van der Waals surface area contributed by atoms with Crippen molar-refractivity contribution in [2.24, 2.45) is 11.3 Å². The predicted octanol–water partition coefficient (Wildman–Crippen LogP) is 4.33. The first-order chi connectivity index (χ1) is 9.21. The molecule has 0 aliphatic heterocycles. The van der Waals surface area contributed by atoms with Crippen molar-refractivity contribution in [3.63, 3.8) is 0 Å². The molecule has 2 heteroatoms. The second-order valence-corrected chi connectivity index (χ2v) is 5.70. The van der Waals surface area contributed by atoms with E-state index >= 15 is 0 Å². The molecule has 0 N–H and O–H groups in total. The summed E-state index contributed by atoms with van der Waals surface area (Å²) in [6, 6.07) is 0. The van der Waals surface area contributed by atoms with E-state index in [1.54, 1.807) is 0 Å². The van der Waals surface area contributed by atoms with Crippen LogP contribution in [-0.4, -0.2) is 12.6 Å². The molecule has 2 nitrogen and oxygen atoms in total. The summed E-state index contributed by atoms with van der Waals surface area (Å²) in [6.45, 7) is 4.48. The molecular formula is C17H28O2. The molecule has 1 saturated carbocycles. The Kier molecular flexibility index (Phi) is 6.99. The molecule has 1 atom stereocenters. The average Bonchev–Trinajstić information content (AvgIpc) is 2.44. The maximum Gasteiger partial charge on any atom is 0.313 e. The zero-order valence-electron chi connectivity index (χ0n) is 12.5. The predicted molar refractivity (Wildman–Crippen MR) is 78.6 cm³/mol. The van der Waals surface area contributed by atoms with Crippen LogP contribution < -0.4 is 0 Å². The lowest BCUT2D eigenvalue weighted by atomic mass is 9.64. The molecule has 19 heavy (non-hydrogen) atoms. The highest BCUT2D eigenvalue weighted by atomic mass is 16.5. The van der Waals surface area contributed by atoms with Crippen LogP contribution in [0.2, 0.25) is 0 Å². The van der Waals surface area contributed by atoms with E-state index in [0.717, 1.165) is 32.1 Å². The van der Waals surface area contributed by atoms with Crippen LogP contribution >= 0.6 is 0 Å². The lowest BCUT2D eigenvalue weighted by Crippen LogP contribution is -2.41. The molecular weight excluding hydrogens is 236 g/mol. The molecule has 0 aromatic rings. The molecule has 0 radical (unpaired) electrons. The fraction of sp³-hybridized carbons (Fsp3) is 0.824. The zero-order chi connectivity index (χ0) is 14.1. The molecule has 0 bridgehead atoms. The number of hydrogen-bond acceptors (Lipinski definition) is 2. The highest BCUT2D eigenvalue weighted by Crippen LogP contribution is 2.45. The van der Waals surface area contributed by atoms with E-state index < -0.39 is 5.41 Å². The number of unbranched alkanes of at least 4 members (excludes halogenated alkanes) is 1. The monoisotopic (exact) mass is 264 g/mol. The van der Waals surface area contributed by atoms with Gasteiger partial charge in [0.15, 0.2) is 0 Å². The summed E-state index contributed by atoms with van der Waals surface area (Å²) >= 11 is 0. The van der Waals surface area contributed by atoms with Crippen molar-refractivity contribution in [3.8, 4) is 12.3 Å². The number of ether oxygens (including phenoxy) is 1. The Balaban J connectivity index is 2.94. The van der Waals surface area contributed by atoms with E-state index in [9.17, 15) is 4.79 Å². The van der Waals surface area contributed by atoms with Gasteiger partial charge in [0.25, 0.3) is 0 Å². The van der Waals surface area contributed by atoms with Gasteiger partial charge in [-0.2, -0.15) is 0 Å². The van der Waals surface area contributed by atoms with Gasteiger partial charge < -0.3 is 4.74 Å². The van der Waals surface area contributed by atoms with Gasteiger partial charge in [-0.1, -0.05) is 39.0 Å². The van der Waals surface area contributed by atoms with E-state index in [1.807, 2.05) is 6.92 Å². The van der Waals surface area contributed by atoms with Crippen molar-refractivity contribution in [1.29, 1.82) is 0 Å². The first-order valence-electron chi connectivity index (χ1n) is 7.82. The van der Waals surface area contributed by atoms with Crippen LogP contribution in [0.5, 0.6) is 0 Å². The first-order valence-corrected chi connectivity index (χ1v) is 7.82. The maximum atomic E-state index is 12.5. The molecule has 1 aliphatic rings. The van der Waals surface area contributed by atoms with Crippen LogP contribution in [0.4, 0.5) is 0 Å². The van der Waals surface area contributed by atoms with Gasteiger partial charge in [-0.15, -0.1) is 12.3 Å². The average molecular weight is 264 g/mol. The van der Waals surface area contributed by atoms with E-state index in [1.165, 1.54) is 19.3 Å². The summed E-state index contributed by atoms with van der Waals surface area (Å²) in [5.74, 6) is 3.12. The van der Waals surface area contributed by atoms with Crippen LogP contribution in [0.15, 0.2) is 0 Å². The molecule has 0 aromatic heterocycles. The fourth-order valence-corrected chi connectivity index (χ4v) is 3.38. The zero-order valence-corrected chi connectivity index (χ0v) is 12.5. The summed E-state index contributed by atoms with van der Waals surface area (Å²) < 4.78 is 5.38. The molecule has 0 amide bonds. The fourth-order valence-electron chi connectivity index (χ4n) is 3.38. The van der Waals surface area contributed by atoms with Crippen LogP contribution in [-0.2, 0) is 9.53 Å². The number of esters is 1. The van der Waals surface area contributed by atoms with Gasteiger partial charge in [0, 0.05) is 6.42 Å². The molecule has 0 spiro atoms. The Labute approximate surface area is 118 Å². The second-order valence-electron chi connectivity index (χ2n) is 5.70. The van der Waals surface area contributed by atoms with Gasteiger partial charge in [0.05, 0.1) is 12.0 Å². The van der Waals surface area contributed by atoms with Gasteiger partial charge >= 0.3 is 5.97 Å². The van der Waals surface area contributed by atoms with Crippen molar-refractivity contribution in [3.05, 3.63) is 0 Å². The van der Waals surface area contributed by atoms with Crippen molar-refractivity contribution in [2.75, 3.05) is 6.61 Å². The van der Waals surface area contributed by atoms with E-state index in [4.69, 9.17) is 11.2 Å². The van der Waals surface area contributed by atoms with E-state index in [-0.39, 0.29) is 5.97 Å². The Morgan fingerprint density at radius 1 is 1.32 bits per heavy atom. The minimum absolute atomic E-state index is 0.0479. The summed E-state index contributed by atoms with van der Waals surface area (Å²) in [6.07, 6.45) is 15.1. The molecule has 1 fully saturated rings.